The zero-order valence-electron chi connectivity index (χ0n) is 9.62. The molecule has 0 aromatic heterocycles. The highest BCUT2D eigenvalue weighted by molar-refractivity contribution is 5.94. The third-order valence-corrected chi connectivity index (χ3v) is 2.13. The fourth-order valence-corrected chi connectivity index (χ4v) is 1.16. The Balaban J connectivity index is 2.63. The molecule has 1 amide bonds. The van der Waals surface area contributed by atoms with Crippen molar-refractivity contribution in [2.45, 2.75) is 25.7 Å². The smallest absolute Gasteiger partial charge is 0.406 e. The average molecular weight is 262 g/mol. The molecule has 0 spiro atoms. The van der Waals surface area contributed by atoms with E-state index in [4.69, 9.17) is 5.73 Å². The molecule has 0 unspecified atom stereocenters. The van der Waals surface area contributed by atoms with Gasteiger partial charge in [-0.3, -0.25) is 4.79 Å². The van der Waals surface area contributed by atoms with Crippen LogP contribution in [0.4, 0.5) is 18.9 Å². The van der Waals surface area contributed by atoms with Crippen LogP contribution in [0.3, 0.4) is 0 Å². The van der Waals surface area contributed by atoms with Gasteiger partial charge in [0.05, 0.1) is 6.04 Å². The van der Waals surface area contributed by atoms with Gasteiger partial charge in [0.15, 0.2) is 0 Å². The second kappa shape index (κ2) is 5.72. The summed E-state index contributed by atoms with van der Waals surface area (Å²) in [7, 11) is 0. The highest BCUT2D eigenvalue weighted by atomic mass is 19.4. The number of carbonyl (C=O) groups is 1. The molecule has 0 fully saturated rings. The van der Waals surface area contributed by atoms with Gasteiger partial charge in [-0.05, 0) is 30.7 Å². The maximum Gasteiger partial charge on any atom is 0.573 e. The number of amides is 1. The molecular formula is C11H13F3N2O2. The summed E-state index contributed by atoms with van der Waals surface area (Å²) in [6, 6.07) is 4.19. The molecule has 7 heteroatoms. The van der Waals surface area contributed by atoms with Crippen molar-refractivity contribution < 1.29 is 22.7 Å². The predicted octanol–water partition coefficient (Wildman–Crippen LogP) is 2.26. The summed E-state index contributed by atoms with van der Waals surface area (Å²) in [6.07, 6.45) is -4.25. The largest absolute Gasteiger partial charge is 0.573 e. The number of nitrogens with one attached hydrogen (secondary N) is 1. The highest BCUT2D eigenvalue weighted by Crippen LogP contribution is 2.23. The summed E-state index contributed by atoms with van der Waals surface area (Å²) in [5.74, 6) is -0.734. The quantitative estimate of drug-likeness (QED) is 0.874. The SMILES string of the molecule is CC[C@@H](N)C(=O)Nc1ccc(OC(F)(F)F)cc1. The van der Waals surface area contributed by atoms with Crippen LogP contribution in [0.25, 0.3) is 0 Å². The molecule has 3 N–H and O–H groups in total. The number of alkyl halides is 3. The molecule has 1 atom stereocenters. The Morgan fingerprint density at radius 2 is 1.94 bits per heavy atom. The van der Waals surface area contributed by atoms with Gasteiger partial charge < -0.3 is 15.8 Å². The normalized spacial score (nSPS) is 12.9. The van der Waals surface area contributed by atoms with Gasteiger partial charge in [0, 0.05) is 5.69 Å². The van der Waals surface area contributed by atoms with Crippen molar-refractivity contribution in [2.75, 3.05) is 5.32 Å². The zero-order valence-corrected chi connectivity index (χ0v) is 9.62. The van der Waals surface area contributed by atoms with Gasteiger partial charge in [-0.25, -0.2) is 0 Å². The molecule has 0 bridgehead atoms. The lowest BCUT2D eigenvalue weighted by atomic mass is 10.2. The molecule has 1 rings (SSSR count). The molecule has 100 valence electrons. The minimum Gasteiger partial charge on any atom is -0.406 e. The van der Waals surface area contributed by atoms with E-state index in [9.17, 15) is 18.0 Å². The molecule has 0 radical (unpaired) electrons. The summed E-state index contributed by atoms with van der Waals surface area (Å²) in [5, 5.41) is 2.48. The monoisotopic (exact) mass is 262 g/mol. The molecule has 0 aliphatic heterocycles. The summed E-state index contributed by atoms with van der Waals surface area (Å²) < 4.78 is 39.4. The molecule has 0 aliphatic carbocycles. The molecule has 1 aromatic rings. The van der Waals surface area contributed by atoms with Gasteiger partial charge in [-0.2, -0.15) is 0 Å². The minimum absolute atomic E-state index is 0.347. The first-order valence-electron chi connectivity index (χ1n) is 5.24. The number of ether oxygens (including phenoxy) is 1. The average Bonchev–Trinajstić information content (AvgIpc) is 2.28. The van der Waals surface area contributed by atoms with Crippen molar-refractivity contribution >= 4 is 11.6 Å². The van der Waals surface area contributed by atoms with Gasteiger partial charge in [-0.1, -0.05) is 6.92 Å². The maximum atomic E-state index is 11.9. The molecule has 18 heavy (non-hydrogen) atoms. The van der Waals surface area contributed by atoms with Crippen LogP contribution in [0.1, 0.15) is 13.3 Å². The number of hydrogen-bond donors (Lipinski definition) is 2. The van der Waals surface area contributed by atoms with Crippen LogP contribution in [0, 0.1) is 0 Å². The number of benzene rings is 1. The number of hydrogen-bond acceptors (Lipinski definition) is 3. The Bertz CT molecular complexity index is 404. The maximum absolute atomic E-state index is 11.9. The molecule has 0 saturated carbocycles. The molecule has 0 saturated heterocycles. The zero-order chi connectivity index (χ0) is 13.8. The summed E-state index contributed by atoms with van der Waals surface area (Å²) in [6.45, 7) is 1.75. The lowest BCUT2D eigenvalue weighted by Gasteiger charge is -2.11. The topological polar surface area (TPSA) is 64.4 Å². The third kappa shape index (κ3) is 4.62. The van der Waals surface area contributed by atoms with E-state index in [1.54, 1.807) is 6.92 Å². The number of halogens is 3. The van der Waals surface area contributed by atoms with Crippen molar-refractivity contribution in [3.63, 3.8) is 0 Å². The summed E-state index contributed by atoms with van der Waals surface area (Å²) in [5.41, 5.74) is 5.85. The van der Waals surface area contributed by atoms with E-state index < -0.39 is 12.4 Å². The van der Waals surface area contributed by atoms with E-state index in [-0.39, 0.29) is 11.7 Å². The van der Waals surface area contributed by atoms with Crippen molar-refractivity contribution in [3.05, 3.63) is 24.3 Å². The van der Waals surface area contributed by atoms with Crippen LogP contribution in [0.15, 0.2) is 24.3 Å². The van der Waals surface area contributed by atoms with Crippen LogP contribution in [-0.4, -0.2) is 18.3 Å². The van der Waals surface area contributed by atoms with Gasteiger partial charge in [0.1, 0.15) is 5.75 Å². The Kier molecular flexibility index (Phi) is 4.55. The molecular weight excluding hydrogens is 249 g/mol. The molecule has 4 nitrogen and oxygen atoms in total. The van der Waals surface area contributed by atoms with Crippen LogP contribution in [0.2, 0.25) is 0 Å². The van der Waals surface area contributed by atoms with Gasteiger partial charge in [0.2, 0.25) is 5.91 Å². The highest BCUT2D eigenvalue weighted by Gasteiger charge is 2.30. The van der Waals surface area contributed by atoms with Gasteiger partial charge in [-0.15, -0.1) is 13.2 Å². The number of nitrogens with two attached hydrogens (primary N) is 1. The van der Waals surface area contributed by atoms with Crippen LogP contribution in [0.5, 0.6) is 5.75 Å². The molecule has 1 aromatic carbocycles. The lowest BCUT2D eigenvalue weighted by molar-refractivity contribution is -0.274. The van der Waals surface area contributed by atoms with Crippen molar-refractivity contribution in [3.8, 4) is 5.75 Å². The second-order valence-electron chi connectivity index (χ2n) is 3.58. The molecule has 0 aliphatic rings. The fraction of sp³-hybridized carbons (Fsp3) is 0.364. The van der Waals surface area contributed by atoms with Crippen LogP contribution >= 0.6 is 0 Å². The first-order valence-corrected chi connectivity index (χ1v) is 5.24. The Morgan fingerprint density at radius 1 is 1.39 bits per heavy atom. The van der Waals surface area contributed by atoms with Gasteiger partial charge >= 0.3 is 6.36 Å². The molecule has 0 heterocycles. The number of carbonyl (C=O) groups excluding carboxylic acids is 1. The minimum atomic E-state index is -4.73. The summed E-state index contributed by atoms with van der Waals surface area (Å²) in [4.78, 5) is 11.4. The van der Waals surface area contributed by atoms with Crippen LogP contribution in [-0.2, 0) is 4.79 Å². The first kappa shape index (κ1) is 14.3. The van der Waals surface area contributed by atoms with Crippen molar-refractivity contribution in [2.24, 2.45) is 5.73 Å². The first-order chi connectivity index (χ1) is 8.31. The Labute approximate surface area is 102 Å². The standard InChI is InChI=1S/C11H13F3N2O2/c1-2-9(15)10(17)16-7-3-5-8(6-4-7)18-11(12,13)14/h3-6,9H,2,15H2,1H3,(H,16,17)/t9-/m1/s1. The third-order valence-electron chi connectivity index (χ3n) is 2.13. The number of anilines is 1. The van der Waals surface area contributed by atoms with Crippen molar-refractivity contribution in [1.82, 2.24) is 0 Å². The summed E-state index contributed by atoms with van der Waals surface area (Å²) >= 11 is 0. The van der Waals surface area contributed by atoms with E-state index in [1.165, 1.54) is 12.1 Å². The van der Waals surface area contributed by atoms with Gasteiger partial charge in [0.25, 0.3) is 0 Å². The van der Waals surface area contributed by atoms with E-state index in [2.05, 4.69) is 10.1 Å². The van der Waals surface area contributed by atoms with E-state index >= 15 is 0 Å². The van der Waals surface area contributed by atoms with E-state index in [0.717, 1.165) is 12.1 Å². The number of rotatable bonds is 4. The Morgan fingerprint density at radius 3 is 2.39 bits per heavy atom. The second-order valence-corrected chi connectivity index (χ2v) is 3.58. The Hall–Kier alpha value is -1.76. The van der Waals surface area contributed by atoms with Crippen LogP contribution < -0.4 is 15.8 Å². The van der Waals surface area contributed by atoms with E-state index in [1.807, 2.05) is 0 Å². The van der Waals surface area contributed by atoms with E-state index in [0.29, 0.717) is 12.1 Å². The fourth-order valence-electron chi connectivity index (χ4n) is 1.16. The van der Waals surface area contributed by atoms with Crippen molar-refractivity contribution in [1.29, 1.82) is 0 Å². The predicted molar refractivity (Wildman–Crippen MR) is 60.0 cm³/mol. The lowest BCUT2D eigenvalue weighted by Crippen LogP contribution is -2.34.